The molecule has 1 aromatic heterocycles. The van der Waals surface area contributed by atoms with Gasteiger partial charge in [-0.15, -0.1) is 24.5 Å². The van der Waals surface area contributed by atoms with Gasteiger partial charge in [-0.25, -0.2) is 9.18 Å². The Labute approximate surface area is 210 Å². The van der Waals surface area contributed by atoms with Crippen molar-refractivity contribution in [1.29, 1.82) is 0 Å². The molecule has 1 atom stereocenters. The van der Waals surface area contributed by atoms with E-state index < -0.39 is 29.9 Å². The van der Waals surface area contributed by atoms with Gasteiger partial charge in [0.2, 0.25) is 0 Å². The van der Waals surface area contributed by atoms with Crippen molar-refractivity contribution in [3.05, 3.63) is 76.2 Å². The first kappa shape index (κ1) is 27.2. The molecule has 0 fully saturated rings. The van der Waals surface area contributed by atoms with E-state index in [0.29, 0.717) is 11.1 Å². The van der Waals surface area contributed by atoms with Crippen molar-refractivity contribution in [2.24, 2.45) is 0 Å². The van der Waals surface area contributed by atoms with Crippen LogP contribution in [0.1, 0.15) is 54.9 Å². The van der Waals surface area contributed by atoms with E-state index in [9.17, 15) is 27.2 Å². The van der Waals surface area contributed by atoms with Crippen molar-refractivity contribution in [1.82, 2.24) is 5.32 Å². The second kappa shape index (κ2) is 11.1. The van der Waals surface area contributed by atoms with E-state index in [1.165, 1.54) is 35.7 Å². The molecule has 0 aliphatic rings. The Balaban J connectivity index is 1.76. The van der Waals surface area contributed by atoms with Gasteiger partial charge in [0.25, 0.3) is 0 Å². The number of ether oxygens (including phenoxy) is 2. The van der Waals surface area contributed by atoms with Crippen molar-refractivity contribution in [2.45, 2.75) is 51.6 Å². The average molecular weight is 524 g/mol. The minimum absolute atomic E-state index is 0.000314. The molecule has 5 nitrogen and oxygen atoms in total. The lowest BCUT2D eigenvalue weighted by Gasteiger charge is -2.24. The molecule has 3 aromatic rings. The van der Waals surface area contributed by atoms with E-state index in [2.05, 4.69) is 10.1 Å². The second-order valence-corrected chi connectivity index (χ2v) is 9.87. The fraction of sp³-hybridized carbons (Fsp3) is 0.308. The lowest BCUT2D eigenvalue weighted by Crippen LogP contribution is -2.35. The molecule has 0 radical (unpaired) electrons. The number of carbonyl (C=O) groups is 2. The van der Waals surface area contributed by atoms with E-state index in [0.717, 1.165) is 16.9 Å². The molecule has 36 heavy (non-hydrogen) atoms. The number of amides is 1. The number of nitrogens with one attached hydrogen (secondary N) is 1. The maximum absolute atomic E-state index is 13.8. The van der Waals surface area contributed by atoms with Gasteiger partial charge in [-0.3, -0.25) is 4.79 Å². The van der Waals surface area contributed by atoms with Gasteiger partial charge in [0.15, 0.2) is 5.78 Å². The topological polar surface area (TPSA) is 64.6 Å². The molecule has 0 saturated carbocycles. The smallest absolute Gasteiger partial charge is 0.444 e. The lowest BCUT2D eigenvalue weighted by molar-refractivity contribution is -0.274. The van der Waals surface area contributed by atoms with Crippen molar-refractivity contribution in [3.63, 3.8) is 0 Å². The van der Waals surface area contributed by atoms with Crippen LogP contribution < -0.4 is 10.1 Å². The molecular weight excluding hydrogens is 498 g/mol. The van der Waals surface area contributed by atoms with Gasteiger partial charge < -0.3 is 14.8 Å². The van der Waals surface area contributed by atoms with Crippen molar-refractivity contribution < 1.29 is 36.6 Å². The quantitative estimate of drug-likeness (QED) is 0.243. The van der Waals surface area contributed by atoms with E-state index in [4.69, 9.17) is 4.74 Å². The van der Waals surface area contributed by atoms with Gasteiger partial charge in [0.1, 0.15) is 22.0 Å². The highest BCUT2D eigenvalue weighted by Crippen LogP contribution is 2.29. The zero-order valence-corrected chi connectivity index (χ0v) is 20.6. The summed E-state index contributed by atoms with van der Waals surface area (Å²) in [6.07, 6.45) is -5.22. The molecule has 1 unspecified atom stereocenters. The van der Waals surface area contributed by atoms with Crippen molar-refractivity contribution in [2.75, 3.05) is 0 Å². The number of rotatable bonds is 8. The molecule has 10 heteroatoms. The summed E-state index contributed by atoms with van der Waals surface area (Å²) in [5, 5.41) is 4.27. The van der Waals surface area contributed by atoms with Crippen LogP contribution in [0.2, 0.25) is 0 Å². The van der Waals surface area contributed by atoms with Crippen molar-refractivity contribution >= 4 is 23.2 Å². The van der Waals surface area contributed by atoms with Gasteiger partial charge in [-0.05, 0) is 67.5 Å². The molecule has 0 aliphatic heterocycles. The number of alkyl halides is 3. The summed E-state index contributed by atoms with van der Waals surface area (Å²) in [6.45, 7) is 5.18. The summed E-state index contributed by atoms with van der Waals surface area (Å²) < 4.78 is 60.2. The summed E-state index contributed by atoms with van der Waals surface area (Å²) >= 11 is 1.02. The molecule has 0 saturated heterocycles. The minimum atomic E-state index is -4.77. The Bertz CT molecular complexity index is 1180. The minimum Gasteiger partial charge on any atom is -0.444 e. The maximum Gasteiger partial charge on any atom is 0.573 e. The summed E-state index contributed by atoms with van der Waals surface area (Å²) in [7, 11) is 0. The van der Waals surface area contributed by atoms with Crippen LogP contribution in [0.4, 0.5) is 22.4 Å². The first-order valence-corrected chi connectivity index (χ1v) is 11.9. The SMILES string of the molecule is CC(C)(C)OC(=O)NC(CCC(=O)c1sccc1F)c1ccc(-c2ccc(OC(F)(F)F)cc2)cc1. The molecule has 0 aliphatic carbocycles. The summed E-state index contributed by atoms with van der Waals surface area (Å²) in [4.78, 5) is 24.9. The highest BCUT2D eigenvalue weighted by Gasteiger charge is 2.31. The molecular formula is C26H25F4NO4S. The Hall–Kier alpha value is -3.40. The lowest BCUT2D eigenvalue weighted by atomic mass is 9.97. The van der Waals surface area contributed by atoms with Gasteiger partial charge >= 0.3 is 12.5 Å². The van der Waals surface area contributed by atoms with Crippen LogP contribution in [0.25, 0.3) is 11.1 Å². The third kappa shape index (κ3) is 8.08. The van der Waals surface area contributed by atoms with Gasteiger partial charge in [-0.2, -0.15) is 0 Å². The maximum atomic E-state index is 13.8. The first-order chi connectivity index (χ1) is 16.8. The predicted molar refractivity (Wildman–Crippen MR) is 129 cm³/mol. The zero-order valence-electron chi connectivity index (χ0n) is 19.8. The summed E-state index contributed by atoms with van der Waals surface area (Å²) in [5.41, 5.74) is 1.35. The van der Waals surface area contributed by atoms with E-state index >= 15 is 0 Å². The molecule has 1 heterocycles. The summed E-state index contributed by atoms with van der Waals surface area (Å²) in [5.74, 6) is -1.26. The normalized spacial score (nSPS) is 12.6. The monoisotopic (exact) mass is 523 g/mol. The van der Waals surface area contributed by atoms with Crippen molar-refractivity contribution in [3.8, 4) is 16.9 Å². The van der Waals surface area contributed by atoms with Crippen LogP contribution in [0.5, 0.6) is 5.75 Å². The Morgan fingerprint density at radius 1 is 0.944 bits per heavy atom. The third-order valence-corrected chi connectivity index (χ3v) is 5.89. The first-order valence-electron chi connectivity index (χ1n) is 11.0. The van der Waals surface area contributed by atoms with E-state index in [1.54, 1.807) is 45.0 Å². The Morgan fingerprint density at radius 2 is 1.53 bits per heavy atom. The van der Waals surface area contributed by atoms with E-state index in [-0.39, 0.29) is 29.3 Å². The van der Waals surface area contributed by atoms with Crippen LogP contribution in [0, 0.1) is 5.82 Å². The molecule has 1 amide bonds. The predicted octanol–water partition coefficient (Wildman–Crippen LogP) is 7.68. The molecule has 0 bridgehead atoms. The van der Waals surface area contributed by atoms with E-state index in [1.807, 2.05) is 0 Å². The molecule has 192 valence electrons. The number of alkyl carbamates (subject to hydrolysis) is 1. The second-order valence-electron chi connectivity index (χ2n) is 8.95. The number of benzene rings is 2. The number of hydrogen-bond donors (Lipinski definition) is 1. The summed E-state index contributed by atoms with van der Waals surface area (Å²) in [6, 6.07) is 13.1. The average Bonchev–Trinajstić information content (AvgIpc) is 3.21. The fourth-order valence-corrected chi connectivity index (χ4v) is 4.15. The van der Waals surface area contributed by atoms with Gasteiger partial charge in [0, 0.05) is 6.42 Å². The zero-order chi connectivity index (χ0) is 26.5. The number of Topliss-reactive ketones (excluding diaryl/α,β-unsaturated/α-hetero) is 1. The number of hydrogen-bond acceptors (Lipinski definition) is 5. The third-order valence-electron chi connectivity index (χ3n) is 4.96. The fourth-order valence-electron chi connectivity index (χ4n) is 3.41. The molecule has 3 rings (SSSR count). The van der Waals surface area contributed by atoms with Crippen LogP contribution in [-0.4, -0.2) is 23.8 Å². The number of carbonyl (C=O) groups excluding carboxylic acids is 2. The molecule has 0 spiro atoms. The van der Waals surface area contributed by atoms with Crippen LogP contribution in [0.15, 0.2) is 60.0 Å². The number of halogens is 4. The largest absolute Gasteiger partial charge is 0.573 e. The van der Waals surface area contributed by atoms with Gasteiger partial charge in [-0.1, -0.05) is 36.4 Å². The molecule has 1 N–H and O–H groups in total. The Morgan fingerprint density at radius 3 is 2.03 bits per heavy atom. The molecule has 2 aromatic carbocycles. The number of ketones is 1. The van der Waals surface area contributed by atoms with Crippen LogP contribution in [-0.2, 0) is 4.74 Å². The standard InChI is InChI=1S/C26H25F4NO4S/c1-25(2,3)35-24(33)31-21(12-13-22(32)23-20(27)14-15-36-23)18-6-4-16(5-7-18)17-8-10-19(11-9-17)34-26(28,29)30/h4-11,14-15,21H,12-13H2,1-3H3,(H,31,33). The Kier molecular flexibility index (Phi) is 8.39. The number of thiophene rings is 1. The highest BCUT2D eigenvalue weighted by molar-refractivity contribution is 7.12. The van der Waals surface area contributed by atoms with Gasteiger partial charge in [0.05, 0.1) is 6.04 Å². The van der Waals surface area contributed by atoms with Crippen LogP contribution in [0.3, 0.4) is 0 Å². The highest BCUT2D eigenvalue weighted by atomic mass is 32.1. The van der Waals surface area contributed by atoms with Crippen LogP contribution >= 0.6 is 11.3 Å².